The number of rotatable bonds is 2. The Hall–Kier alpha value is -1.43. The fourth-order valence-corrected chi connectivity index (χ4v) is 1.65. The fourth-order valence-electron chi connectivity index (χ4n) is 1.18. The van der Waals surface area contributed by atoms with Crippen LogP contribution in [0.2, 0.25) is 0 Å². The molecule has 2 aromatic rings. The Morgan fingerprint density at radius 2 is 2.27 bits per heavy atom. The summed E-state index contributed by atoms with van der Waals surface area (Å²) in [6.45, 7) is 0. The van der Waals surface area contributed by atoms with Crippen LogP contribution >= 0.6 is 15.9 Å². The number of hydrogen-bond donors (Lipinski definition) is 1. The van der Waals surface area contributed by atoms with Crippen molar-refractivity contribution < 1.29 is 4.39 Å². The molecule has 2 heterocycles. The van der Waals surface area contributed by atoms with Gasteiger partial charge in [-0.25, -0.2) is 9.07 Å². The third kappa shape index (κ3) is 1.99. The topological polar surface area (TPSA) is 42.7 Å². The molecule has 0 aliphatic rings. The molecule has 0 aliphatic heterocycles. The number of pyridine rings is 1. The first-order valence-corrected chi connectivity index (χ1v) is 5.04. The summed E-state index contributed by atoms with van der Waals surface area (Å²) < 4.78 is 15.1. The van der Waals surface area contributed by atoms with E-state index < -0.39 is 0 Å². The maximum atomic E-state index is 12.9. The van der Waals surface area contributed by atoms with E-state index in [1.54, 1.807) is 24.1 Å². The zero-order valence-corrected chi connectivity index (χ0v) is 9.49. The van der Waals surface area contributed by atoms with Crippen LogP contribution in [0.5, 0.6) is 0 Å². The summed E-state index contributed by atoms with van der Waals surface area (Å²) in [6, 6.07) is 1.37. The Balaban J connectivity index is 2.45. The molecule has 0 unspecified atom stereocenters. The molecule has 0 amide bonds. The van der Waals surface area contributed by atoms with E-state index >= 15 is 0 Å². The van der Waals surface area contributed by atoms with Crippen LogP contribution in [0.15, 0.2) is 29.3 Å². The van der Waals surface area contributed by atoms with Gasteiger partial charge in [-0.1, -0.05) is 0 Å². The largest absolute Gasteiger partial charge is 0.385 e. The third-order valence-corrected chi connectivity index (χ3v) is 2.48. The molecule has 2 rings (SSSR count). The molecule has 0 fully saturated rings. The Kier molecular flexibility index (Phi) is 2.68. The monoisotopic (exact) mass is 270 g/mol. The predicted octanol–water partition coefficient (Wildman–Crippen LogP) is 2.21. The maximum absolute atomic E-state index is 12.9. The smallest absolute Gasteiger partial charge is 0.151 e. The number of nitrogens with zero attached hydrogens (tertiary/aromatic N) is 3. The van der Waals surface area contributed by atoms with Crippen LogP contribution in [0.4, 0.5) is 10.1 Å². The van der Waals surface area contributed by atoms with Crippen molar-refractivity contribution in [2.75, 3.05) is 12.4 Å². The molecular weight excluding hydrogens is 263 g/mol. The molecule has 0 bridgehead atoms. The van der Waals surface area contributed by atoms with Gasteiger partial charge in [-0.3, -0.25) is 4.98 Å². The zero-order valence-electron chi connectivity index (χ0n) is 7.91. The van der Waals surface area contributed by atoms with Gasteiger partial charge < -0.3 is 5.32 Å². The van der Waals surface area contributed by atoms with Crippen molar-refractivity contribution in [2.45, 2.75) is 0 Å². The van der Waals surface area contributed by atoms with Gasteiger partial charge in [-0.2, -0.15) is 5.10 Å². The van der Waals surface area contributed by atoms with Gasteiger partial charge in [0.25, 0.3) is 0 Å². The Labute approximate surface area is 94.3 Å². The van der Waals surface area contributed by atoms with Crippen molar-refractivity contribution in [2.24, 2.45) is 0 Å². The van der Waals surface area contributed by atoms with Gasteiger partial charge in [-0.15, -0.1) is 0 Å². The minimum Gasteiger partial charge on any atom is -0.385 e. The van der Waals surface area contributed by atoms with E-state index in [9.17, 15) is 4.39 Å². The molecule has 78 valence electrons. The fraction of sp³-hybridized carbons (Fsp3) is 0.111. The van der Waals surface area contributed by atoms with E-state index in [2.05, 4.69) is 31.3 Å². The van der Waals surface area contributed by atoms with Gasteiger partial charge in [0, 0.05) is 13.1 Å². The lowest BCUT2D eigenvalue weighted by molar-refractivity contribution is 0.618. The third-order valence-electron chi connectivity index (χ3n) is 1.89. The van der Waals surface area contributed by atoms with Crippen molar-refractivity contribution in [1.82, 2.24) is 14.8 Å². The summed E-state index contributed by atoms with van der Waals surface area (Å²) in [7, 11) is 1.79. The highest BCUT2D eigenvalue weighted by molar-refractivity contribution is 9.10. The lowest BCUT2D eigenvalue weighted by Gasteiger charge is -1.99. The van der Waals surface area contributed by atoms with Crippen LogP contribution in [-0.4, -0.2) is 21.8 Å². The summed E-state index contributed by atoms with van der Waals surface area (Å²) in [4.78, 5) is 3.75. The van der Waals surface area contributed by atoms with Crippen LogP contribution in [0.1, 0.15) is 0 Å². The summed E-state index contributed by atoms with van der Waals surface area (Å²) >= 11 is 3.28. The second-order valence-electron chi connectivity index (χ2n) is 2.89. The summed E-state index contributed by atoms with van der Waals surface area (Å²) in [5, 5.41) is 7.11. The van der Waals surface area contributed by atoms with Crippen molar-refractivity contribution in [1.29, 1.82) is 0 Å². The molecule has 2 aromatic heterocycles. The molecule has 0 saturated carbocycles. The van der Waals surface area contributed by atoms with E-state index in [0.29, 0.717) is 10.3 Å². The minimum absolute atomic E-state index is 0.384. The molecule has 6 heteroatoms. The second kappa shape index (κ2) is 3.98. The van der Waals surface area contributed by atoms with Gasteiger partial charge >= 0.3 is 0 Å². The van der Waals surface area contributed by atoms with Crippen LogP contribution in [-0.2, 0) is 0 Å². The summed E-state index contributed by atoms with van der Waals surface area (Å²) in [5.74, 6) is -0.384. The lowest BCUT2D eigenvalue weighted by Crippen LogP contribution is -1.96. The molecule has 4 nitrogen and oxygen atoms in total. The van der Waals surface area contributed by atoms with E-state index in [1.807, 2.05) is 0 Å². The van der Waals surface area contributed by atoms with E-state index in [-0.39, 0.29) is 5.82 Å². The molecule has 0 atom stereocenters. The van der Waals surface area contributed by atoms with Crippen LogP contribution in [0.25, 0.3) is 5.69 Å². The lowest BCUT2D eigenvalue weighted by atomic mass is 10.4. The minimum atomic E-state index is -0.384. The number of halogens is 2. The van der Waals surface area contributed by atoms with E-state index in [1.165, 1.54) is 6.07 Å². The average Bonchev–Trinajstić information content (AvgIpc) is 2.60. The number of aromatic nitrogens is 3. The van der Waals surface area contributed by atoms with E-state index in [0.717, 1.165) is 11.9 Å². The van der Waals surface area contributed by atoms with Crippen LogP contribution in [0.3, 0.4) is 0 Å². The van der Waals surface area contributed by atoms with Gasteiger partial charge in [-0.05, 0) is 15.9 Å². The molecule has 0 aromatic carbocycles. The molecule has 0 spiro atoms. The molecule has 0 radical (unpaired) electrons. The zero-order chi connectivity index (χ0) is 10.8. The number of anilines is 1. The van der Waals surface area contributed by atoms with Gasteiger partial charge in [0.05, 0.1) is 30.0 Å². The highest BCUT2D eigenvalue weighted by atomic mass is 79.9. The van der Waals surface area contributed by atoms with E-state index in [4.69, 9.17) is 0 Å². The molecule has 0 saturated heterocycles. The number of nitrogens with one attached hydrogen (secondary N) is 1. The molecular formula is C9H8BrFN4. The van der Waals surface area contributed by atoms with Crippen molar-refractivity contribution in [3.05, 3.63) is 35.1 Å². The van der Waals surface area contributed by atoms with Crippen molar-refractivity contribution in [3.63, 3.8) is 0 Å². The average molecular weight is 271 g/mol. The maximum Gasteiger partial charge on any atom is 0.151 e. The van der Waals surface area contributed by atoms with Gasteiger partial charge in [0.1, 0.15) is 5.82 Å². The number of hydrogen-bond acceptors (Lipinski definition) is 3. The normalized spacial score (nSPS) is 10.3. The first kappa shape index (κ1) is 10.1. The first-order valence-electron chi connectivity index (χ1n) is 4.24. The molecule has 1 N–H and O–H groups in total. The first-order chi connectivity index (χ1) is 7.20. The van der Waals surface area contributed by atoms with Crippen molar-refractivity contribution >= 4 is 21.6 Å². The summed E-state index contributed by atoms with van der Waals surface area (Å²) in [5.41, 5.74) is 1.41. The molecule has 0 aliphatic carbocycles. The SMILES string of the molecule is CNc1cn(-c2cncc(F)c2)nc1Br. The quantitative estimate of drug-likeness (QED) is 0.910. The highest BCUT2D eigenvalue weighted by Crippen LogP contribution is 2.21. The molecule has 15 heavy (non-hydrogen) atoms. The highest BCUT2D eigenvalue weighted by Gasteiger charge is 2.06. The van der Waals surface area contributed by atoms with Gasteiger partial charge in [0.2, 0.25) is 0 Å². The van der Waals surface area contributed by atoms with Crippen LogP contribution < -0.4 is 5.32 Å². The predicted molar refractivity (Wildman–Crippen MR) is 58.6 cm³/mol. The van der Waals surface area contributed by atoms with Gasteiger partial charge in [0.15, 0.2) is 4.60 Å². The standard InChI is InChI=1S/C9H8BrFN4/c1-12-8-5-15(14-9(8)10)7-2-6(11)3-13-4-7/h2-5,12H,1H3. The Bertz CT molecular complexity index is 483. The van der Waals surface area contributed by atoms with Crippen LogP contribution in [0, 0.1) is 5.82 Å². The Morgan fingerprint density at radius 1 is 1.47 bits per heavy atom. The Morgan fingerprint density at radius 3 is 2.87 bits per heavy atom. The second-order valence-corrected chi connectivity index (χ2v) is 3.64. The van der Waals surface area contributed by atoms with Crippen molar-refractivity contribution in [3.8, 4) is 5.69 Å². The summed E-state index contributed by atoms with van der Waals surface area (Å²) in [6.07, 6.45) is 4.45.